The summed E-state index contributed by atoms with van der Waals surface area (Å²) < 4.78 is 11.2. The Bertz CT molecular complexity index is 425. The van der Waals surface area contributed by atoms with Crippen LogP contribution in [-0.4, -0.2) is 23.8 Å². The first-order chi connectivity index (χ1) is 10.1. The topological polar surface area (TPSA) is 74.2 Å². The molecule has 0 radical (unpaired) electrons. The molecule has 2 N–H and O–H groups in total. The Hall–Kier alpha value is -0.940. The van der Waals surface area contributed by atoms with E-state index in [0.717, 1.165) is 44.3 Å². The summed E-state index contributed by atoms with van der Waals surface area (Å²) in [6.07, 6.45) is 7.40. The van der Waals surface area contributed by atoms with Crippen LogP contribution in [0.25, 0.3) is 0 Å². The minimum absolute atomic E-state index is 0.337. The third-order valence-corrected chi connectivity index (χ3v) is 4.53. The molecule has 21 heavy (non-hydrogen) atoms. The van der Waals surface area contributed by atoms with Gasteiger partial charge in [0, 0.05) is 13.5 Å². The molecular weight excluding hydrogens is 266 g/mol. The van der Waals surface area contributed by atoms with Gasteiger partial charge in [0.2, 0.25) is 11.7 Å². The van der Waals surface area contributed by atoms with E-state index in [0.29, 0.717) is 24.3 Å². The average Bonchev–Trinajstić information content (AvgIpc) is 2.96. The second-order valence-corrected chi connectivity index (χ2v) is 6.71. The van der Waals surface area contributed by atoms with Crippen LogP contribution in [0, 0.1) is 11.8 Å². The first-order valence-corrected chi connectivity index (χ1v) is 8.18. The van der Waals surface area contributed by atoms with Crippen LogP contribution in [0.1, 0.15) is 64.1 Å². The summed E-state index contributed by atoms with van der Waals surface area (Å²) in [5, 5.41) is 4.20. The van der Waals surface area contributed by atoms with Crippen molar-refractivity contribution in [3.05, 3.63) is 11.7 Å². The molecule has 120 valence electrons. The van der Waals surface area contributed by atoms with E-state index >= 15 is 0 Å². The van der Waals surface area contributed by atoms with E-state index in [-0.39, 0.29) is 5.60 Å². The van der Waals surface area contributed by atoms with Crippen molar-refractivity contribution in [2.24, 2.45) is 17.6 Å². The third kappa shape index (κ3) is 4.04. The second kappa shape index (κ2) is 7.36. The van der Waals surface area contributed by atoms with E-state index in [1.54, 1.807) is 7.11 Å². The van der Waals surface area contributed by atoms with Gasteiger partial charge in [0.1, 0.15) is 5.60 Å². The van der Waals surface area contributed by atoms with Crippen LogP contribution in [0.5, 0.6) is 0 Å². The van der Waals surface area contributed by atoms with Crippen molar-refractivity contribution in [2.75, 3.05) is 13.7 Å². The number of nitrogens with zero attached hydrogens (tertiary/aromatic N) is 2. The number of rotatable bonds is 7. The van der Waals surface area contributed by atoms with Crippen molar-refractivity contribution >= 4 is 0 Å². The Morgan fingerprint density at radius 2 is 2.00 bits per heavy atom. The largest absolute Gasteiger partial charge is 0.370 e. The van der Waals surface area contributed by atoms with Gasteiger partial charge in [0.05, 0.1) is 0 Å². The Labute approximate surface area is 127 Å². The molecule has 0 bridgehead atoms. The lowest BCUT2D eigenvalue weighted by atomic mass is 9.84. The van der Waals surface area contributed by atoms with Gasteiger partial charge in [-0.15, -0.1) is 0 Å². The Morgan fingerprint density at radius 3 is 2.57 bits per heavy atom. The first-order valence-electron chi connectivity index (χ1n) is 8.18. The molecule has 0 amide bonds. The molecule has 0 spiro atoms. The summed E-state index contributed by atoms with van der Waals surface area (Å²) in [5.74, 6) is 2.45. The minimum atomic E-state index is -0.337. The SMILES string of the molecule is COC1(c2noc(C[C@@H](CN)CC(C)C)n2)CCCCC1. The predicted octanol–water partition coefficient (Wildman–Crippen LogP) is 3.04. The van der Waals surface area contributed by atoms with E-state index in [2.05, 4.69) is 24.0 Å². The fourth-order valence-corrected chi connectivity index (χ4v) is 3.34. The fourth-order valence-electron chi connectivity index (χ4n) is 3.34. The standard InChI is InChI=1S/C16H29N3O2/c1-12(2)9-13(11-17)10-14-18-15(19-21-14)16(20-3)7-5-4-6-8-16/h12-13H,4-11,17H2,1-3H3/t13-/m0/s1. The van der Waals surface area contributed by atoms with Crippen LogP contribution in [0.2, 0.25) is 0 Å². The van der Waals surface area contributed by atoms with Crippen molar-refractivity contribution in [2.45, 2.75) is 64.4 Å². The molecule has 1 saturated carbocycles. The summed E-state index contributed by atoms with van der Waals surface area (Å²) >= 11 is 0. The molecule has 5 nitrogen and oxygen atoms in total. The van der Waals surface area contributed by atoms with Crippen molar-refractivity contribution in [3.8, 4) is 0 Å². The van der Waals surface area contributed by atoms with Crippen molar-refractivity contribution < 1.29 is 9.26 Å². The summed E-state index contributed by atoms with van der Waals surface area (Å²) in [5.41, 5.74) is 5.52. The van der Waals surface area contributed by atoms with Crippen LogP contribution >= 0.6 is 0 Å². The van der Waals surface area contributed by atoms with Gasteiger partial charge in [-0.1, -0.05) is 38.3 Å². The molecule has 0 aromatic carbocycles. The maximum absolute atomic E-state index is 5.86. The van der Waals surface area contributed by atoms with E-state index < -0.39 is 0 Å². The maximum atomic E-state index is 5.86. The minimum Gasteiger partial charge on any atom is -0.370 e. The van der Waals surface area contributed by atoms with Gasteiger partial charge < -0.3 is 15.0 Å². The highest BCUT2D eigenvalue weighted by atomic mass is 16.5. The molecule has 0 saturated heterocycles. The molecule has 2 rings (SSSR count). The van der Waals surface area contributed by atoms with Crippen LogP contribution in [0.15, 0.2) is 4.52 Å². The quantitative estimate of drug-likeness (QED) is 0.837. The lowest BCUT2D eigenvalue weighted by molar-refractivity contribution is -0.0527. The Morgan fingerprint density at radius 1 is 1.29 bits per heavy atom. The van der Waals surface area contributed by atoms with Gasteiger partial charge in [0.25, 0.3) is 0 Å². The summed E-state index contributed by atoms with van der Waals surface area (Å²) in [6.45, 7) is 5.08. The number of hydrogen-bond donors (Lipinski definition) is 1. The first kappa shape index (κ1) is 16.4. The third-order valence-electron chi connectivity index (χ3n) is 4.53. The maximum Gasteiger partial charge on any atom is 0.227 e. The predicted molar refractivity (Wildman–Crippen MR) is 81.8 cm³/mol. The van der Waals surface area contributed by atoms with Gasteiger partial charge in [0.15, 0.2) is 0 Å². The number of hydrogen-bond acceptors (Lipinski definition) is 5. The number of aromatic nitrogens is 2. The summed E-state index contributed by atoms with van der Waals surface area (Å²) in [6, 6.07) is 0. The normalized spacial score (nSPS) is 19.9. The summed E-state index contributed by atoms with van der Waals surface area (Å²) in [4.78, 5) is 4.61. The van der Waals surface area contributed by atoms with Gasteiger partial charge in [-0.3, -0.25) is 0 Å². The molecule has 1 aromatic rings. The molecule has 1 aliphatic rings. The number of ether oxygens (including phenoxy) is 1. The Balaban J connectivity index is 2.06. The number of methoxy groups -OCH3 is 1. The van der Waals surface area contributed by atoms with E-state index in [1.807, 2.05) is 0 Å². The average molecular weight is 295 g/mol. The zero-order valence-corrected chi connectivity index (χ0v) is 13.6. The molecular formula is C16H29N3O2. The van der Waals surface area contributed by atoms with E-state index in [9.17, 15) is 0 Å². The lowest BCUT2D eigenvalue weighted by Gasteiger charge is -2.32. The molecule has 0 aliphatic heterocycles. The van der Waals surface area contributed by atoms with Gasteiger partial charge >= 0.3 is 0 Å². The van der Waals surface area contributed by atoms with Crippen molar-refractivity contribution in [1.29, 1.82) is 0 Å². The van der Waals surface area contributed by atoms with Crippen LogP contribution in [0.4, 0.5) is 0 Å². The fraction of sp³-hybridized carbons (Fsp3) is 0.875. The summed E-state index contributed by atoms with van der Waals surface area (Å²) in [7, 11) is 1.75. The molecule has 5 heteroatoms. The van der Waals surface area contributed by atoms with Gasteiger partial charge in [-0.05, 0) is 37.6 Å². The lowest BCUT2D eigenvalue weighted by Crippen LogP contribution is -2.32. The molecule has 1 atom stereocenters. The monoisotopic (exact) mass is 295 g/mol. The van der Waals surface area contributed by atoms with Crippen molar-refractivity contribution in [1.82, 2.24) is 10.1 Å². The molecule has 1 heterocycles. The molecule has 1 aromatic heterocycles. The number of nitrogens with two attached hydrogens (primary N) is 1. The zero-order chi connectivity index (χ0) is 15.3. The second-order valence-electron chi connectivity index (χ2n) is 6.71. The van der Waals surface area contributed by atoms with Crippen LogP contribution in [0.3, 0.4) is 0 Å². The Kier molecular flexibility index (Phi) is 5.76. The van der Waals surface area contributed by atoms with Crippen LogP contribution < -0.4 is 5.73 Å². The van der Waals surface area contributed by atoms with Crippen molar-refractivity contribution in [3.63, 3.8) is 0 Å². The highest BCUT2D eigenvalue weighted by molar-refractivity contribution is 5.03. The molecule has 1 aliphatic carbocycles. The van der Waals surface area contributed by atoms with Crippen LogP contribution in [-0.2, 0) is 16.8 Å². The highest BCUT2D eigenvalue weighted by Crippen LogP contribution is 2.38. The van der Waals surface area contributed by atoms with E-state index in [4.69, 9.17) is 15.0 Å². The zero-order valence-electron chi connectivity index (χ0n) is 13.6. The van der Waals surface area contributed by atoms with E-state index in [1.165, 1.54) is 6.42 Å². The van der Waals surface area contributed by atoms with Gasteiger partial charge in [-0.25, -0.2) is 0 Å². The molecule has 0 unspecified atom stereocenters. The molecule has 1 fully saturated rings. The van der Waals surface area contributed by atoms with Gasteiger partial charge in [-0.2, -0.15) is 4.98 Å². The highest BCUT2D eigenvalue weighted by Gasteiger charge is 2.38. The smallest absolute Gasteiger partial charge is 0.227 e.